The van der Waals surface area contributed by atoms with Crippen molar-refractivity contribution < 1.29 is 4.74 Å². The van der Waals surface area contributed by atoms with Crippen LogP contribution >= 0.6 is 11.3 Å². The minimum atomic E-state index is 0.683. The molecule has 1 aromatic heterocycles. The molecule has 31 heavy (non-hydrogen) atoms. The van der Waals surface area contributed by atoms with Gasteiger partial charge in [0, 0.05) is 82.7 Å². The van der Waals surface area contributed by atoms with Crippen LogP contribution in [0.3, 0.4) is 0 Å². The Morgan fingerprint density at radius 3 is 2.39 bits per heavy atom. The third-order valence-electron chi connectivity index (χ3n) is 6.01. The van der Waals surface area contributed by atoms with Crippen LogP contribution in [0, 0.1) is 0 Å². The van der Waals surface area contributed by atoms with E-state index >= 15 is 0 Å². The lowest BCUT2D eigenvalue weighted by atomic mass is 10.2. The highest BCUT2D eigenvalue weighted by Gasteiger charge is 2.20. The first kappa shape index (κ1) is 21.7. The number of benzene rings is 1. The molecule has 2 aliphatic heterocycles. The number of guanidine groups is 1. The fourth-order valence-electron chi connectivity index (χ4n) is 4.11. The van der Waals surface area contributed by atoms with Crippen molar-refractivity contribution in [3.05, 3.63) is 35.8 Å². The molecular formula is C22H33N7OS. The van der Waals surface area contributed by atoms with Gasteiger partial charge in [0.1, 0.15) is 5.75 Å². The van der Waals surface area contributed by atoms with Gasteiger partial charge in [-0.1, -0.05) is 0 Å². The number of ether oxygens (including phenoxy) is 1. The van der Waals surface area contributed by atoms with E-state index in [9.17, 15) is 0 Å². The van der Waals surface area contributed by atoms with Gasteiger partial charge in [-0.3, -0.25) is 9.89 Å². The lowest BCUT2D eigenvalue weighted by molar-refractivity contribution is 0.256. The van der Waals surface area contributed by atoms with Gasteiger partial charge in [0.25, 0.3) is 0 Å². The zero-order valence-corrected chi connectivity index (χ0v) is 19.1. The van der Waals surface area contributed by atoms with Crippen LogP contribution in [-0.2, 0) is 0 Å². The molecule has 3 heterocycles. The summed E-state index contributed by atoms with van der Waals surface area (Å²) >= 11 is 1.69. The van der Waals surface area contributed by atoms with E-state index in [2.05, 4.69) is 41.7 Å². The summed E-state index contributed by atoms with van der Waals surface area (Å²) in [7, 11) is 1.70. The Balaban J connectivity index is 1.13. The SMILES string of the molecule is COc1ccc(N2CCN(CCCN=C(N)N3CCN(c4nccs4)CC3)CC2)cc1. The van der Waals surface area contributed by atoms with Gasteiger partial charge in [-0.2, -0.15) is 0 Å². The van der Waals surface area contributed by atoms with E-state index in [4.69, 9.17) is 10.5 Å². The molecule has 0 bridgehead atoms. The molecule has 0 saturated carbocycles. The fourth-order valence-corrected chi connectivity index (χ4v) is 4.81. The second-order valence-corrected chi connectivity index (χ2v) is 8.78. The third kappa shape index (κ3) is 5.80. The van der Waals surface area contributed by atoms with Crippen molar-refractivity contribution in [1.29, 1.82) is 0 Å². The molecule has 4 rings (SSSR count). The van der Waals surface area contributed by atoms with Crippen molar-refractivity contribution in [1.82, 2.24) is 14.8 Å². The van der Waals surface area contributed by atoms with E-state index in [-0.39, 0.29) is 0 Å². The summed E-state index contributed by atoms with van der Waals surface area (Å²) in [6.45, 7) is 9.85. The molecular weight excluding hydrogens is 410 g/mol. The number of piperazine rings is 2. The number of aliphatic imine (C=N–C) groups is 1. The van der Waals surface area contributed by atoms with E-state index in [1.807, 2.05) is 23.7 Å². The summed E-state index contributed by atoms with van der Waals surface area (Å²) in [5.41, 5.74) is 7.52. The van der Waals surface area contributed by atoms with Crippen LogP contribution in [0.2, 0.25) is 0 Å². The standard InChI is InChI=1S/C22H33N7OS/c1-30-20-5-3-19(4-6-20)27-12-10-26(11-13-27)9-2-7-24-21(23)28-14-16-29(17-15-28)22-25-8-18-31-22/h3-6,8,18H,2,7,9-17H2,1H3,(H2,23,24). The van der Waals surface area contributed by atoms with Crippen molar-refractivity contribution in [2.45, 2.75) is 6.42 Å². The molecule has 0 unspecified atom stereocenters. The zero-order valence-electron chi connectivity index (χ0n) is 18.3. The molecule has 0 radical (unpaired) electrons. The molecule has 2 fully saturated rings. The zero-order chi connectivity index (χ0) is 21.5. The predicted molar refractivity (Wildman–Crippen MR) is 129 cm³/mol. The molecule has 0 amide bonds. The number of methoxy groups -OCH3 is 1. The van der Waals surface area contributed by atoms with E-state index < -0.39 is 0 Å². The van der Waals surface area contributed by atoms with E-state index in [0.717, 1.165) is 82.7 Å². The Bertz CT molecular complexity index is 811. The van der Waals surface area contributed by atoms with Crippen molar-refractivity contribution in [2.75, 3.05) is 82.4 Å². The lowest BCUT2D eigenvalue weighted by Crippen LogP contribution is -2.51. The summed E-state index contributed by atoms with van der Waals surface area (Å²) in [4.78, 5) is 18.5. The van der Waals surface area contributed by atoms with Crippen molar-refractivity contribution in [3.63, 3.8) is 0 Å². The summed E-state index contributed by atoms with van der Waals surface area (Å²) < 4.78 is 5.25. The number of thiazole rings is 1. The van der Waals surface area contributed by atoms with Crippen LogP contribution in [0.25, 0.3) is 0 Å². The number of nitrogens with two attached hydrogens (primary N) is 1. The molecule has 2 saturated heterocycles. The highest BCUT2D eigenvalue weighted by atomic mass is 32.1. The van der Waals surface area contributed by atoms with Gasteiger partial charge in [-0.15, -0.1) is 11.3 Å². The van der Waals surface area contributed by atoms with Crippen LogP contribution in [-0.4, -0.2) is 93.3 Å². The van der Waals surface area contributed by atoms with Crippen LogP contribution in [0.4, 0.5) is 10.8 Å². The molecule has 9 heteroatoms. The average molecular weight is 444 g/mol. The molecule has 2 aromatic rings. The molecule has 2 aliphatic rings. The van der Waals surface area contributed by atoms with Gasteiger partial charge in [0.05, 0.1) is 7.11 Å². The second-order valence-electron chi connectivity index (χ2n) is 7.91. The number of hydrogen-bond acceptors (Lipinski definition) is 7. The van der Waals surface area contributed by atoms with Crippen molar-refractivity contribution in [2.24, 2.45) is 10.7 Å². The summed E-state index contributed by atoms with van der Waals surface area (Å²) in [5, 5.41) is 3.12. The van der Waals surface area contributed by atoms with Crippen molar-refractivity contribution >= 4 is 28.1 Å². The summed E-state index contributed by atoms with van der Waals surface area (Å²) in [6, 6.07) is 8.34. The number of nitrogens with zero attached hydrogens (tertiary/aromatic N) is 6. The molecule has 8 nitrogen and oxygen atoms in total. The van der Waals surface area contributed by atoms with Gasteiger partial charge in [0.2, 0.25) is 0 Å². The monoisotopic (exact) mass is 443 g/mol. The van der Waals surface area contributed by atoms with Crippen molar-refractivity contribution in [3.8, 4) is 5.75 Å². The van der Waals surface area contributed by atoms with Crippen LogP contribution in [0.1, 0.15) is 6.42 Å². The van der Waals surface area contributed by atoms with Gasteiger partial charge in [-0.05, 0) is 30.7 Å². The first-order valence-electron chi connectivity index (χ1n) is 11.0. The minimum Gasteiger partial charge on any atom is -0.497 e. The first-order chi connectivity index (χ1) is 15.2. The number of anilines is 2. The first-order valence-corrected chi connectivity index (χ1v) is 11.9. The molecule has 2 N–H and O–H groups in total. The maximum atomic E-state index is 6.25. The normalized spacial score (nSPS) is 18.5. The minimum absolute atomic E-state index is 0.683. The van der Waals surface area contributed by atoms with Gasteiger partial charge < -0.3 is 25.2 Å². The van der Waals surface area contributed by atoms with E-state index in [0.29, 0.717) is 5.96 Å². The van der Waals surface area contributed by atoms with Crippen LogP contribution in [0.15, 0.2) is 40.8 Å². The molecule has 168 valence electrons. The Morgan fingerprint density at radius 1 is 1.03 bits per heavy atom. The molecule has 0 spiro atoms. The topological polar surface area (TPSA) is 73.5 Å². The average Bonchev–Trinajstić information content (AvgIpc) is 3.37. The second kappa shape index (κ2) is 10.7. The largest absolute Gasteiger partial charge is 0.497 e. The van der Waals surface area contributed by atoms with E-state index in [1.54, 1.807) is 18.4 Å². The predicted octanol–water partition coefficient (Wildman–Crippen LogP) is 1.80. The van der Waals surface area contributed by atoms with Crippen LogP contribution in [0.5, 0.6) is 5.75 Å². The van der Waals surface area contributed by atoms with Gasteiger partial charge in [-0.25, -0.2) is 4.98 Å². The maximum absolute atomic E-state index is 6.25. The number of hydrogen-bond donors (Lipinski definition) is 1. The molecule has 0 atom stereocenters. The smallest absolute Gasteiger partial charge is 0.191 e. The Kier molecular flexibility index (Phi) is 7.48. The highest BCUT2D eigenvalue weighted by Crippen LogP contribution is 2.21. The Morgan fingerprint density at radius 2 is 1.74 bits per heavy atom. The molecule has 0 aliphatic carbocycles. The third-order valence-corrected chi connectivity index (χ3v) is 6.84. The van der Waals surface area contributed by atoms with E-state index in [1.165, 1.54) is 5.69 Å². The summed E-state index contributed by atoms with van der Waals surface area (Å²) in [6.07, 6.45) is 2.91. The lowest BCUT2D eigenvalue weighted by Gasteiger charge is -2.36. The maximum Gasteiger partial charge on any atom is 0.191 e. The summed E-state index contributed by atoms with van der Waals surface area (Å²) in [5.74, 6) is 1.59. The Labute approximate surface area is 188 Å². The van der Waals surface area contributed by atoms with Crippen LogP contribution < -0.4 is 20.3 Å². The van der Waals surface area contributed by atoms with Gasteiger partial charge >= 0.3 is 0 Å². The van der Waals surface area contributed by atoms with Gasteiger partial charge in [0.15, 0.2) is 11.1 Å². The quantitative estimate of drug-likeness (QED) is 0.397. The fraction of sp³-hybridized carbons (Fsp3) is 0.545. The highest BCUT2D eigenvalue weighted by molar-refractivity contribution is 7.13. The molecule has 1 aromatic carbocycles. The Hall–Kier alpha value is -2.52. The number of aromatic nitrogens is 1. The number of rotatable bonds is 7.